The highest BCUT2D eigenvalue weighted by Gasteiger charge is 1.80. The predicted octanol–water partition coefficient (Wildman–Crippen LogP) is 0.673. The molecule has 0 aromatic carbocycles. The Balaban J connectivity index is 2.89. The zero-order valence-corrected chi connectivity index (χ0v) is 6.17. The lowest BCUT2D eigenvalue weighted by atomic mass is 10.3. The van der Waals surface area contributed by atoms with Crippen molar-refractivity contribution in [1.29, 1.82) is 0 Å². The number of carbonyl (C=O) groups is 1. The van der Waals surface area contributed by atoms with Crippen molar-refractivity contribution in [2.45, 2.75) is 12.8 Å². The highest BCUT2D eigenvalue weighted by Crippen LogP contribution is 1.87. The monoisotopic (exact) mass is 143 g/mol. The molecule has 10 heavy (non-hydrogen) atoms. The summed E-state index contributed by atoms with van der Waals surface area (Å²) in [6.45, 7) is 0.734. The van der Waals surface area contributed by atoms with E-state index in [0.29, 0.717) is 6.41 Å². The molecule has 0 heterocycles. The van der Waals surface area contributed by atoms with E-state index in [1.807, 2.05) is 6.08 Å². The van der Waals surface area contributed by atoms with Gasteiger partial charge >= 0.3 is 0 Å². The third-order valence-corrected chi connectivity index (χ3v) is 1.01. The van der Waals surface area contributed by atoms with Crippen molar-refractivity contribution >= 4 is 6.41 Å². The van der Waals surface area contributed by atoms with Crippen molar-refractivity contribution in [1.82, 2.24) is 5.32 Å². The summed E-state index contributed by atoms with van der Waals surface area (Å²) in [5, 5.41) is 2.57. The highest BCUT2D eigenvalue weighted by atomic mass is 16.5. The molecule has 3 nitrogen and oxygen atoms in total. The summed E-state index contributed by atoms with van der Waals surface area (Å²) in [5.74, 6) is 0. The molecule has 1 amide bonds. The van der Waals surface area contributed by atoms with E-state index in [-0.39, 0.29) is 0 Å². The number of methoxy groups -OCH3 is 1. The van der Waals surface area contributed by atoms with Crippen molar-refractivity contribution in [3.05, 3.63) is 12.3 Å². The first-order chi connectivity index (χ1) is 4.91. The Morgan fingerprint density at radius 2 is 2.40 bits per heavy atom. The Hall–Kier alpha value is -0.990. The van der Waals surface area contributed by atoms with Crippen molar-refractivity contribution in [3.8, 4) is 0 Å². The van der Waals surface area contributed by atoms with Gasteiger partial charge in [-0.3, -0.25) is 4.79 Å². The van der Waals surface area contributed by atoms with Gasteiger partial charge in [0, 0.05) is 6.54 Å². The van der Waals surface area contributed by atoms with Crippen LogP contribution in [0.15, 0.2) is 12.3 Å². The second-order valence-electron chi connectivity index (χ2n) is 1.82. The SMILES string of the molecule is CO/C=C\CCCNC=O. The standard InChI is InChI=1S/C7H13NO2/c1-10-6-4-2-3-5-8-7-9/h4,6-7H,2-3,5H2,1H3,(H,8,9)/b6-4-. The van der Waals surface area contributed by atoms with Crippen LogP contribution >= 0.6 is 0 Å². The zero-order valence-electron chi connectivity index (χ0n) is 6.17. The van der Waals surface area contributed by atoms with Gasteiger partial charge in [0.1, 0.15) is 0 Å². The molecule has 0 radical (unpaired) electrons. The summed E-state index contributed by atoms with van der Waals surface area (Å²) in [6.07, 6.45) is 6.17. The molecule has 0 atom stereocenters. The number of ether oxygens (including phenoxy) is 1. The van der Waals surface area contributed by atoms with Gasteiger partial charge in [0.15, 0.2) is 0 Å². The van der Waals surface area contributed by atoms with E-state index in [1.54, 1.807) is 13.4 Å². The van der Waals surface area contributed by atoms with Crippen LogP contribution in [-0.2, 0) is 9.53 Å². The fourth-order valence-corrected chi connectivity index (χ4v) is 0.545. The molecule has 1 N–H and O–H groups in total. The average Bonchev–Trinajstić information content (AvgIpc) is 1.97. The summed E-state index contributed by atoms with van der Waals surface area (Å²) >= 11 is 0. The van der Waals surface area contributed by atoms with Crippen molar-refractivity contribution < 1.29 is 9.53 Å². The van der Waals surface area contributed by atoms with E-state index in [0.717, 1.165) is 19.4 Å². The highest BCUT2D eigenvalue weighted by molar-refractivity contribution is 5.45. The van der Waals surface area contributed by atoms with Crippen LogP contribution < -0.4 is 5.32 Å². The van der Waals surface area contributed by atoms with Crippen LogP contribution in [0.1, 0.15) is 12.8 Å². The van der Waals surface area contributed by atoms with Crippen LogP contribution in [0.5, 0.6) is 0 Å². The molecule has 0 saturated heterocycles. The van der Waals surface area contributed by atoms with E-state index >= 15 is 0 Å². The first-order valence-electron chi connectivity index (χ1n) is 3.26. The van der Waals surface area contributed by atoms with E-state index < -0.39 is 0 Å². The topological polar surface area (TPSA) is 38.3 Å². The van der Waals surface area contributed by atoms with Crippen molar-refractivity contribution in [3.63, 3.8) is 0 Å². The number of rotatable bonds is 6. The molecule has 0 aliphatic rings. The Morgan fingerprint density at radius 3 is 3.00 bits per heavy atom. The Labute approximate surface area is 61.1 Å². The molecule has 0 aliphatic carbocycles. The van der Waals surface area contributed by atoms with E-state index in [1.165, 1.54) is 0 Å². The minimum absolute atomic E-state index is 0.708. The van der Waals surface area contributed by atoms with E-state index in [9.17, 15) is 4.79 Å². The maximum atomic E-state index is 9.74. The minimum Gasteiger partial charge on any atom is -0.505 e. The molecule has 0 aliphatic heterocycles. The fourth-order valence-electron chi connectivity index (χ4n) is 0.545. The Kier molecular flexibility index (Phi) is 7.22. The largest absolute Gasteiger partial charge is 0.505 e. The second-order valence-corrected chi connectivity index (χ2v) is 1.82. The maximum absolute atomic E-state index is 9.74. The van der Waals surface area contributed by atoms with Crippen molar-refractivity contribution in [2.24, 2.45) is 0 Å². The quantitative estimate of drug-likeness (QED) is 0.337. The van der Waals surface area contributed by atoms with E-state index in [4.69, 9.17) is 0 Å². The van der Waals surface area contributed by atoms with Gasteiger partial charge in [0.25, 0.3) is 0 Å². The third-order valence-electron chi connectivity index (χ3n) is 1.01. The summed E-state index contributed by atoms with van der Waals surface area (Å²) in [7, 11) is 1.61. The molecular formula is C7H13NO2. The number of amides is 1. The normalized spacial score (nSPS) is 9.70. The molecule has 0 bridgehead atoms. The van der Waals surface area contributed by atoms with Gasteiger partial charge in [0.2, 0.25) is 6.41 Å². The van der Waals surface area contributed by atoms with Crippen LogP contribution in [0.4, 0.5) is 0 Å². The van der Waals surface area contributed by atoms with Gasteiger partial charge < -0.3 is 10.1 Å². The lowest BCUT2D eigenvalue weighted by Crippen LogP contribution is -2.11. The number of allylic oxidation sites excluding steroid dienone is 1. The van der Waals surface area contributed by atoms with Crippen LogP contribution in [-0.4, -0.2) is 20.1 Å². The van der Waals surface area contributed by atoms with Crippen LogP contribution in [0.2, 0.25) is 0 Å². The smallest absolute Gasteiger partial charge is 0.207 e. The molecular weight excluding hydrogens is 130 g/mol. The average molecular weight is 143 g/mol. The van der Waals surface area contributed by atoms with E-state index in [2.05, 4.69) is 10.1 Å². The second kappa shape index (κ2) is 8.01. The lowest BCUT2D eigenvalue weighted by molar-refractivity contribution is -0.109. The number of hydrogen-bond donors (Lipinski definition) is 1. The number of carbonyl (C=O) groups excluding carboxylic acids is 1. The Bertz CT molecular complexity index is 102. The number of hydrogen-bond acceptors (Lipinski definition) is 2. The summed E-state index contributed by atoms with van der Waals surface area (Å²) in [5.41, 5.74) is 0. The molecule has 0 aromatic heterocycles. The molecule has 0 unspecified atom stereocenters. The van der Waals surface area contributed by atoms with Gasteiger partial charge in [-0.15, -0.1) is 0 Å². The molecule has 0 saturated carbocycles. The van der Waals surface area contributed by atoms with Gasteiger partial charge in [-0.05, 0) is 18.9 Å². The summed E-state index contributed by atoms with van der Waals surface area (Å²) in [4.78, 5) is 9.74. The van der Waals surface area contributed by atoms with Crippen LogP contribution in [0.3, 0.4) is 0 Å². The molecule has 0 fully saturated rings. The Morgan fingerprint density at radius 1 is 1.60 bits per heavy atom. The first kappa shape index (κ1) is 9.01. The lowest BCUT2D eigenvalue weighted by Gasteiger charge is -1.93. The zero-order chi connectivity index (χ0) is 7.66. The maximum Gasteiger partial charge on any atom is 0.207 e. The van der Waals surface area contributed by atoms with Crippen LogP contribution in [0, 0.1) is 0 Å². The molecule has 3 heteroatoms. The molecule has 58 valence electrons. The van der Waals surface area contributed by atoms with Gasteiger partial charge in [0.05, 0.1) is 13.4 Å². The van der Waals surface area contributed by atoms with Gasteiger partial charge in [-0.1, -0.05) is 0 Å². The summed E-state index contributed by atoms with van der Waals surface area (Å²) < 4.78 is 4.68. The first-order valence-corrected chi connectivity index (χ1v) is 3.26. The van der Waals surface area contributed by atoms with Gasteiger partial charge in [-0.25, -0.2) is 0 Å². The van der Waals surface area contributed by atoms with Crippen LogP contribution in [0.25, 0.3) is 0 Å². The molecule has 0 spiro atoms. The molecule has 0 aromatic rings. The minimum atomic E-state index is 0.708. The molecule has 0 rings (SSSR count). The predicted molar refractivity (Wildman–Crippen MR) is 39.4 cm³/mol. The number of nitrogens with one attached hydrogen (secondary N) is 1. The summed E-state index contributed by atoms with van der Waals surface area (Å²) in [6, 6.07) is 0. The fraction of sp³-hybridized carbons (Fsp3) is 0.571. The number of unbranched alkanes of at least 4 members (excludes halogenated alkanes) is 1. The third kappa shape index (κ3) is 7.01. The van der Waals surface area contributed by atoms with Gasteiger partial charge in [-0.2, -0.15) is 0 Å². The van der Waals surface area contributed by atoms with Crippen molar-refractivity contribution in [2.75, 3.05) is 13.7 Å².